The Bertz CT molecular complexity index is 1240. The first-order valence-electron chi connectivity index (χ1n) is 10.3. The Kier molecular flexibility index (Phi) is 6.08. The molecule has 1 aliphatic heterocycles. The summed E-state index contributed by atoms with van der Waals surface area (Å²) in [6, 6.07) is 10.5. The van der Waals surface area contributed by atoms with Crippen LogP contribution >= 0.6 is 0 Å². The van der Waals surface area contributed by atoms with E-state index in [0.29, 0.717) is 42.9 Å². The molecule has 4 rings (SSSR count). The molecule has 0 saturated carbocycles. The second kappa shape index (κ2) is 9.13. The fraction of sp³-hybridized carbons (Fsp3) is 0.286. The molecule has 34 heavy (non-hydrogen) atoms. The molecule has 13 heteroatoms. The van der Waals surface area contributed by atoms with E-state index in [1.165, 1.54) is 24.1 Å². The zero-order valence-electron chi connectivity index (χ0n) is 18.4. The van der Waals surface area contributed by atoms with Crippen molar-refractivity contribution in [2.24, 2.45) is 0 Å². The molecule has 0 radical (unpaired) electrons. The molecule has 2 heterocycles. The zero-order valence-corrected chi connectivity index (χ0v) is 18.4. The molecular formula is C21H21N7O6. The second-order valence-corrected chi connectivity index (χ2v) is 7.58. The highest BCUT2D eigenvalue weighted by Gasteiger charge is 2.28. The van der Waals surface area contributed by atoms with Gasteiger partial charge in [-0.2, -0.15) is 0 Å². The van der Waals surface area contributed by atoms with E-state index >= 15 is 0 Å². The molecule has 176 valence electrons. The lowest BCUT2D eigenvalue weighted by atomic mass is 10.2. The van der Waals surface area contributed by atoms with Gasteiger partial charge in [0.1, 0.15) is 0 Å². The van der Waals surface area contributed by atoms with Crippen LogP contribution in [0.1, 0.15) is 0 Å². The summed E-state index contributed by atoms with van der Waals surface area (Å²) in [6.07, 6.45) is 0. The number of carbonyl (C=O) groups excluding carboxylic acids is 1. The largest absolute Gasteiger partial charge is 0.478 e. The number of anilines is 2. The van der Waals surface area contributed by atoms with Gasteiger partial charge < -0.3 is 14.5 Å². The number of benzene rings is 2. The third kappa shape index (κ3) is 4.35. The van der Waals surface area contributed by atoms with E-state index in [-0.39, 0.29) is 29.1 Å². The minimum atomic E-state index is -0.663. The third-order valence-corrected chi connectivity index (χ3v) is 5.54. The van der Waals surface area contributed by atoms with Crippen molar-refractivity contribution in [3.8, 4) is 5.88 Å². The van der Waals surface area contributed by atoms with Crippen molar-refractivity contribution in [3.63, 3.8) is 0 Å². The SMILES string of the molecule is COc1nc2ccccc2nc1N(C)C(=O)N1CCN(c2cc([N+](=O)[O-])cc([N+](=O)[O-])c2)CC1. The van der Waals surface area contributed by atoms with Gasteiger partial charge >= 0.3 is 6.03 Å². The second-order valence-electron chi connectivity index (χ2n) is 7.58. The van der Waals surface area contributed by atoms with Gasteiger partial charge in [-0.05, 0) is 12.1 Å². The van der Waals surface area contributed by atoms with Crippen LogP contribution in [0.2, 0.25) is 0 Å². The van der Waals surface area contributed by atoms with Gasteiger partial charge in [0.05, 0.1) is 39.7 Å². The number of non-ortho nitro benzene ring substituents is 2. The van der Waals surface area contributed by atoms with E-state index in [2.05, 4.69) is 9.97 Å². The Morgan fingerprint density at radius 2 is 1.53 bits per heavy atom. The predicted molar refractivity (Wildman–Crippen MR) is 123 cm³/mol. The summed E-state index contributed by atoms with van der Waals surface area (Å²) in [7, 11) is 3.04. The first-order valence-corrected chi connectivity index (χ1v) is 10.3. The van der Waals surface area contributed by atoms with Crippen molar-refractivity contribution in [1.82, 2.24) is 14.9 Å². The molecule has 0 atom stereocenters. The van der Waals surface area contributed by atoms with Crippen molar-refractivity contribution < 1.29 is 19.4 Å². The number of hydrogen-bond acceptors (Lipinski definition) is 9. The molecule has 1 aliphatic rings. The van der Waals surface area contributed by atoms with Crippen molar-refractivity contribution in [1.29, 1.82) is 0 Å². The molecule has 0 N–H and O–H groups in total. The maximum absolute atomic E-state index is 13.2. The van der Waals surface area contributed by atoms with E-state index in [1.54, 1.807) is 29.0 Å². The van der Waals surface area contributed by atoms with Gasteiger partial charge in [0.25, 0.3) is 17.3 Å². The lowest BCUT2D eigenvalue weighted by Gasteiger charge is -2.37. The van der Waals surface area contributed by atoms with Gasteiger partial charge in [-0.25, -0.2) is 14.8 Å². The minimum absolute atomic E-state index is 0.220. The highest BCUT2D eigenvalue weighted by Crippen LogP contribution is 2.30. The van der Waals surface area contributed by atoms with Crippen LogP contribution in [-0.2, 0) is 0 Å². The summed E-state index contributed by atoms with van der Waals surface area (Å²) in [5, 5.41) is 22.4. The van der Waals surface area contributed by atoms with Gasteiger partial charge in [-0.15, -0.1) is 0 Å². The molecule has 13 nitrogen and oxygen atoms in total. The minimum Gasteiger partial charge on any atom is -0.478 e. The van der Waals surface area contributed by atoms with E-state index in [0.717, 1.165) is 6.07 Å². The smallest absolute Gasteiger partial charge is 0.325 e. The van der Waals surface area contributed by atoms with Crippen LogP contribution in [0.4, 0.5) is 27.7 Å². The van der Waals surface area contributed by atoms with Crippen LogP contribution < -0.4 is 14.5 Å². The summed E-state index contributed by atoms with van der Waals surface area (Å²) in [5.41, 5.74) is 0.913. The van der Waals surface area contributed by atoms with Crippen LogP contribution in [-0.4, -0.2) is 71.1 Å². The van der Waals surface area contributed by atoms with Crippen LogP contribution in [0.15, 0.2) is 42.5 Å². The van der Waals surface area contributed by atoms with Crippen molar-refractivity contribution in [3.05, 3.63) is 62.7 Å². The molecule has 1 saturated heterocycles. The standard InChI is InChI=1S/C21H21N7O6/c1-24(19-20(34-2)23-18-6-4-3-5-17(18)22-19)21(29)26-9-7-25(8-10-26)14-11-15(27(30)31)13-16(12-14)28(32)33/h3-6,11-13H,7-10H2,1-2H3. The Morgan fingerprint density at radius 1 is 0.971 bits per heavy atom. The number of nitro benzene ring substituents is 2. The van der Waals surface area contributed by atoms with Crippen LogP contribution in [0, 0.1) is 20.2 Å². The third-order valence-electron chi connectivity index (χ3n) is 5.54. The quantitative estimate of drug-likeness (QED) is 0.408. The molecular weight excluding hydrogens is 446 g/mol. The lowest BCUT2D eigenvalue weighted by molar-refractivity contribution is -0.394. The number of nitro groups is 2. The van der Waals surface area contributed by atoms with Crippen LogP contribution in [0.3, 0.4) is 0 Å². The summed E-state index contributed by atoms with van der Waals surface area (Å²) in [5.74, 6) is 0.500. The lowest BCUT2D eigenvalue weighted by Crippen LogP contribution is -2.52. The summed E-state index contributed by atoms with van der Waals surface area (Å²) < 4.78 is 5.34. The van der Waals surface area contributed by atoms with Crippen LogP contribution in [0.25, 0.3) is 11.0 Å². The van der Waals surface area contributed by atoms with E-state index in [1.807, 2.05) is 12.1 Å². The van der Waals surface area contributed by atoms with Gasteiger partial charge in [0.15, 0.2) is 0 Å². The molecule has 1 aromatic heterocycles. The van der Waals surface area contributed by atoms with E-state index in [9.17, 15) is 25.0 Å². The summed E-state index contributed by atoms with van der Waals surface area (Å²) in [6.45, 7) is 1.31. The molecule has 3 aromatic rings. The number of urea groups is 1. The fourth-order valence-corrected chi connectivity index (χ4v) is 3.76. The molecule has 0 aliphatic carbocycles. The summed E-state index contributed by atoms with van der Waals surface area (Å²) in [4.78, 5) is 47.9. The van der Waals surface area contributed by atoms with Gasteiger partial charge in [-0.3, -0.25) is 25.1 Å². The molecule has 0 spiro atoms. The molecule has 2 aromatic carbocycles. The first kappa shape index (κ1) is 22.6. The first-order chi connectivity index (χ1) is 16.3. The molecule has 0 unspecified atom stereocenters. The highest BCUT2D eigenvalue weighted by molar-refractivity contribution is 5.93. The molecule has 1 fully saturated rings. The number of ether oxygens (including phenoxy) is 1. The Morgan fingerprint density at radius 3 is 2.06 bits per heavy atom. The average Bonchev–Trinajstić information content (AvgIpc) is 2.86. The number of methoxy groups -OCH3 is 1. The normalized spacial score (nSPS) is 13.6. The van der Waals surface area contributed by atoms with Crippen molar-refractivity contribution in [2.45, 2.75) is 0 Å². The number of piperazine rings is 1. The van der Waals surface area contributed by atoms with Crippen molar-refractivity contribution in [2.75, 3.05) is 50.1 Å². The van der Waals surface area contributed by atoms with Crippen LogP contribution in [0.5, 0.6) is 5.88 Å². The number of aromatic nitrogens is 2. The number of para-hydroxylation sites is 2. The summed E-state index contributed by atoms with van der Waals surface area (Å²) >= 11 is 0. The number of amides is 2. The van der Waals surface area contributed by atoms with Gasteiger partial charge in [0.2, 0.25) is 5.82 Å². The van der Waals surface area contributed by atoms with Gasteiger partial charge in [0, 0.05) is 45.4 Å². The highest BCUT2D eigenvalue weighted by atomic mass is 16.6. The number of carbonyl (C=O) groups is 1. The number of hydrogen-bond donors (Lipinski definition) is 0. The van der Waals surface area contributed by atoms with Crippen molar-refractivity contribution >= 4 is 39.9 Å². The fourth-order valence-electron chi connectivity index (χ4n) is 3.76. The number of fused-ring (bicyclic) bond motifs is 1. The molecule has 0 bridgehead atoms. The van der Waals surface area contributed by atoms with E-state index in [4.69, 9.17) is 4.74 Å². The molecule has 2 amide bonds. The Labute approximate surface area is 193 Å². The average molecular weight is 467 g/mol. The van der Waals surface area contributed by atoms with E-state index < -0.39 is 9.85 Å². The topological polar surface area (TPSA) is 148 Å². The monoisotopic (exact) mass is 467 g/mol. The maximum atomic E-state index is 13.2. The number of nitrogens with zero attached hydrogens (tertiary/aromatic N) is 7. The predicted octanol–water partition coefficient (Wildman–Crippen LogP) is 2.83. The maximum Gasteiger partial charge on any atom is 0.325 e. The Balaban J connectivity index is 1.51. The Hall–Kier alpha value is -4.55. The van der Waals surface area contributed by atoms with Gasteiger partial charge in [-0.1, -0.05) is 12.1 Å². The zero-order chi connectivity index (χ0) is 24.4. The number of rotatable bonds is 5.